The summed E-state index contributed by atoms with van der Waals surface area (Å²) in [5.74, 6) is 2.03. The molecule has 2 heterocycles. The van der Waals surface area contributed by atoms with Crippen molar-refractivity contribution in [1.29, 1.82) is 0 Å². The highest BCUT2D eigenvalue weighted by molar-refractivity contribution is 6.00. The molecule has 1 fully saturated rings. The number of carbonyl (C=O) groups is 1. The standard InChI is InChI=1S/C25H27NO5/c1-16(11-25(27)26-9-5-6-10-26)18-13-19-20(15-31-23(19)14-22(18)29-3)17-7-8-21(28-2)24(12-17)30-4/h7-8,11-15H,5-6,9-10H2,1-4H3/b16-11+. The minimum atomic E-state index is 0.0458. The molecular weight excluding hydrogens is 394 g/mol. The van der Waals surface area contributed by atoms with E-state index in [1.54, 1.807) is 33.7 Å². The summed E-state index contributed by atoms with van der Waals surface area (Å²) in [6, 6.07) is 9.65. The van der Waals surface area contributed by atoms with Crippen LogP contribution in [0.4, 0.5) is 0 Å². The summed E-state index contributed by atoms with van der Waals surface area (Å²) in [4.78, 5) is 14.5. The largest absolute Gasteiger partial charge is 0.496 e. The van der Waals surface area contributed by atoms with E-state index in [9.17, 15) is 4.79 Å². The Hall–Kier alpha value is -3.41. The number of nitrogens with zero attached hydrogens (tertiary/aromatic N) is 1. The highest BCUT2D eigenvalue weighted by atomic mass is 16.5. The molecule has 0 bridgehead atoms. The fourth-order valence-electron chi connectivity index (χ4n) is 4.05. The van der Waals surface area contributed by atoms with Gasteiger partial charge in [0, 0.05) is 41.7 Å². The molecule has 6 heteroatoms. The van der Waals surface area contributed by atoms with Crippen molar-refractivity contribution in [1.82, 2.24) is 4.90 Å². The molecule has 0 radical (unpaired) electrons. The van der Waals surface area contributed by atoms with Crippen LogP contribution in [0.3, 0.4) is 0 Å². The van der Waals surface area contributed by atoms with Crippen molar-refractivity contribution >= 4 is 22.4 Å². The molecule has 4 rings (SSSR count). The molecule has 0 aliphatic carbocycles. The highest BCUT2D eigenvalue weighted by Gasteiger charge is 2.19. The minimum absolute atomic E-state index is 0.0458. The number of furan rings is 1. The lowest BCUT2D eigenvalue weighted by atomic mass is 9.99. The number of fused-ring (bicyclic) bond motifs is 1. The molecule has 0 atom stereocenters. The van der Waals surface area contributed by atoms with Gasteiger partial charge in [-0.05, 0) is 49.1 Å². The van der Waals surface area contributed by atoms with Gasteiger partial charge in [0.05, 0.1) is 27.6 Å². The third-order valence-electron chi connectivity index (χ3n) is 5.77. The van der Waals surface area contributed by atoms with Crippen molar-refractivity contribution in [3.05, 3.63) is 48.2 Å². The first-order chi connectivity index (χ1) is 15.0. The molecule has 1 saturated heterocycles. The van der Waals surface area contributed by atoms with Crippen molar-refractivity contribution in [2.45, 2.75) is 19.8 Å². The van der Waals surface area contributed by atoms with Crippen LogP contribution in [0, 0.1) is 0 Å². The summed E-state index contributed by atoms with van der Waals surface area (Å²) in [5, 5.41) is 0.935. The Morgan fingerprint density at radius 3 is 2.35 bits per heavy atom. The Balaban J connectivity index is 1.78. The van der Waals surface area contributed by atoms with Crippen LogP contribution >= 0.6 is 0 Å². The Morgan fingerprint density at radius 1 is 0.968 bits per heavy atom. The van der Waals surface area contributed by atoms with Crippen LogP contribution in [0.1, 0.15) is 25.3 Å². The van der Waals surface area contributed by atoms with Crippen LogP contribution in [0.5, 0.6) is 17.2 Å². The van der Waals surface area contributed by atoms with Gasteiger partial charge in [-0.3, -0.25) is 4.79 Å². The predicted molar refractivity (Wildman–Crippen MR) is 121 cm³/mol. The lowest BCUT2D eigenvalue weighted by Gasteiger charge is -2.14. The molecule has 1 aliphatic heterocycles. The zero-order chi connectivity index (χ0) is 22.0. The van der Waals surface area contributed by atoms with E-state index in [4.69, 9.17) is 18.6 Å². The van der Waals surface area contributed by atoms with Crippen LogP contribution in [-0.4, -0.2) is 45.2 Å². The first kappa shape index (κ1) is 20.8. The molecule has 3 aromatic rings. The number of amides is 1. The van der Waals surface area contributed by atoms with Gasteiger partial charge in [-0.2, -0.15) is 0 Å². The molecule has 0 saturated carbocycles. The SMILES string of the molecule is COc1ccc(-c2coc3cc(OC)c(/C(C)=C/C(=O)N4CCCC4)cc23)cc1OC. The Labute approximate surface area is 182 Å². The van der Waals surface area contributed by atoms with E-state index in [-0.39, 0.29) is 5.91 Å². The van der Waals surface area contributed by atoms with Gasteiger partial charge in [-0.15, -0.1) is 0 Å². The van der Waals surface area contributed by atoms with Crippen LogP contribution < -0.4 is 14.2 Å². The second kappa shape index (κ2) is 8.76. The smallest absolute Gasteiger partial charge is 0.246 e. The number of allylic oxidation sites excluding steroid dienone is 1. The van der Waals surface area contributed by atoms with E-state index in [1.807, 2.05) is 42.2 Å². The fraction of sp³-hybridized carbons (Fsp3) is 0.320. The predicted octanol–water partition coefficient (Wildman–Crippen LogP) is 5.15. The minimum Gasteiger partial charge on any atom is -0.496 e. The van der Waals surface area contributed by atoms with Crippen molar-refractivity contribution in [3.63, 3.8) is 0 Å². The topological polar surface area (TPSA) is 61.1 Å². The summed E-state index contributed by atoms with van der Waals surface area (Å²) in [6.07, 6.45) is 5.56. The van der Waals surface area contributed by atoms with Crippen LogP contribution in [0.15, 0.2) is 47.1 Å². The number of benzene rings is 2. The molecule has 162 valence electrons. The maximum atomic E-state index is 12.6. The van der Waals surface area contributed by atoms with E-state index >= 15 is 0 Å². The number of carbonyl (C=O) groups excluding carboxylic acids is 1. The summed E-state index contributed by atoms with van der Waals surface area (Å²) in [5.41, 5.74) is 4.31. The first-order valence-corrected chi connectivity index (χ1v) is 10.3. The number of rotatable bonds is 6. The summed E-state index contributed by atoms with van der Waals surface area (Å²) in [6.45, 7) is 3.59. The third-order valence-corrected chi connectivity index (χ3v) is 5.77. The molecule has 31 heavy (non-hydrogen) atoms. The number of hydrogen-bond acceptors (Lipinski definition) is 5. The van der Waals surface area contributed by atoms with Crippen LogP contribution in [0.2, 0.25) is 0 Å². The van der Waals surface area contributed by atoms with Gasteiger partial charge < -0.3 is 23.5 Å². The highest BCUT2D eigenvalue weighted by Crippen LogP contribution is 2.39. The average Bonchev–Trinajstić information content (AvgIpc) is 3.47. The van der Waals surface area contributed by atoms with E-state index < -0.39 is 0 Å². The second-order valence-corrected chi connectivity index (χ2v) is 7.63. The maximum Gasteiger partial charge on any atom is 0.246 e. The van der Waals surface area contributed by atoms with Crippen molar-refractivity contribution < 1.29 is 23.4 Å². The molecule has 6 nitrogen and oxygen atoms in total. The maximum absolute atomic E-state index is 12.6. The van der Waals surface area contributed by atoms with Gasteiger partial charge >= 0.3 is 0 Å². The number of likely N-dealkylation sites (tertiary alicyclic amines) is 1. The normalized spacial score (nSPS) is 14.2. The molecule has 2 aromatic carbocycles. The van der Waals surface area contributed by atoms with Crippen molar-refractivity contribution in [2.24, 2.45) is 0 Å². The average molecular weight is 421 g/mol. The van der Waals surface area contributed by atoms with Crippen LogP contribution in [-0.2, 0) is 4.79 Å². The van der Waals surface area contributed by atoms with Crippen molar-refractivity contribution in [2.75, 3.05) is 34.4 Å². The van der Waals surface area contributed by atoms with E-state index in [0.29, 0.717) is 22.8 Å². The third kappa shape index (κ3) is 3.98. The van der Waals surface area contributed by atoms with Gasteiger partial charge in [0.25, 0.3) is 0 Å². The zero-order valence-electron chi connectivity index (χ0n) is 18.4. The van der Waals surface area contributed by atoms with Gasteiger partial charge in [-0.1, -0.05) is 6.07 Å². The quantitative estimate of drug-likeness (QED) is 0.515. The molecule has 1 aliphatic rings. The molecule has 0 spiro atoms. The number of methoxy groups -OCH3 is 3. The summed E-state index contributed by atoms with van der Waals surface area (Å²) < 4.78 is 22.2. The number of ether oxygens (including phenoxy) is 3. The van der Waals surface area contributed by atoms with Gasteiger partial charge in [0.2, 0.25) is 5.91 Å². The summed E-state index contributed by atoms with van der Waals surface area (Å²) >= 11 is 0. The van der Waals surface area contributed by atoms with E-state index in [1.165, 1.54) is 0 Å². The zero-order valence-corrected chi connectivity index (χ0v) is 18.4. The summed E-state index contributed by atoms with van der Waals surface area (Å²) in [7, 11) is 4.85. The lowest BCUT2D eigenvalue weighted by molar-refractivity contribution is -0.124. The Kier molecular flexibility index (Phi) is 5.89. The molecular formula is C25H27NO5. The molecule has 0 unspecified atom stereocenters. The number of hydrogen-bond donors (Lipinski definition) is 0. The van der Waals surface area contributed by atoms with E-state index in [2.05, 4.69) is 0 Å². The monoisotopic (exact) mass is 421 g/mol. The Bertz CT molecular complexity index is 1140. The molecule has 0 N–H and O–H groups in total. The molecule has 1 amide bonds. The van der Waals surface area contributed by atoms with Gasteiger partial charge in [0.1, 0.15) is 11.3 Å². The first-order valence-electron chi connectivity index (χ1n) is 10.3. The fourth-order valence-corrected chi connectivity index (χ4v) is 4.05. The van der Waals surface area contributed by atoms with Gasteiger partial charge in [-0.25, -0.2) is 0 Å². The second-order valence-electron chi connectivity index (χ2n) is 7.63. The Morgan fingerprint density at radius 2 is 1.68 bits per heavy atom. The van der Waals surface area contributed by atoms with Crippen LogP contribution in [0.25, 0.3) is 27.7 Å². The van der Waals surface area contributed by atoms with Crippen molar-refractivity contribution in [3.8, 4) is 28.4 Å². The van der Waals surface area contributed by atoms with Gasteiger partial charge in [0.15, 0.2) is 11.5 Å². The molecule has 1 aromatic heterocycles. The lowest BCUT2D eigenvalue weighted by Crippen LogP contribution is -2.25. The van der Waals surface area contributed by atoms with E-state index in [0.717, 1.165) is 53.6 Å².